The van der Waals surface area contributed by atoms with Crippen LogP contribution in [0.3, 0.4) is 0 Å². The fourth-order valence-electron chi connectivity index (χ4n) is 1.65. The van der Waals surface area contributed by atoms with Gasteiger partial charge in [-0.2, -0.15) is 4.98 Å². The number of aromatic nitrogens is 3. The summed E-state index contributed by atoms with van der Waals surface area (Å²) in [6, 6.07) is 3.73. The van der Waals surface area contributed by atoms with Crippen molar-refractivity contribution in [1.29, 1.82) is 0 Å². The quantitative estimate of drug-likeness (QED) is 0.897. The minimum Gasteiger partial charge on any atom is -0.338 e. The fraction of sp³-hybridized carbons (Fsp3) is 0.417. The Labute approximate surface area is 111 Å². The molecule has 2 heterocycles. The first-order chi connectivity index (χ1) is 8.42. The Morgan fingerprint density at radius 1 is 1.28 bits per heavy atom. The molecule has 0 aliphatic heterocycles. The lowest BCUT2D eigenvalue weighted by molar-refractivity contribution is 0.367. The largest absolute Gasteiger partial charge is 0.338 e. The molecule has 1 aliphatic rings. The summed E-state index contributed by atoms with van der Waals surface area (Å²) < 4.78 is 5.18. The topological polar surface area (TPSA) is 63.8 Å². The van der Waals surface area contributed by atoms with Gasteiger partial charge in [0.05, 0.1) is 6.54 Å². The van der Waals surface area contributed by atoms with Gasteiger partial charge in [-0.3, -0.25) is 4.98 Å². The van der Waals surface area contributed by atoms with Crippen LogP contribution in [0.2, 0.25) is 0 Å². The molecule has 0 spiro atoms. The third kappa shape index (κ3) is 3.27. The van der Waals surface area contributed by atoms with E-state index in [2.05, 4.69) is 20.4 Å². The Bertz CT molecular complexity index is 484. The minimum atomic E-state index is 0. The highest BCUT2D eigenvalue weighted by atomic mass is 35.5. The summed E-state index contributed by atoms with van der Waals surface area (Å²) in [6.45, 7) is 1.70. The van der Waals surface area contributed by atoms with Crippen molar-refractivity contribution >= 4 is 12.4 Å². The second kappa shape index (κ2) is 5.93. The first-order valence-corrected chi connectivity index (χ1v) is 5.85. The van der Waals surface area contributed by atoms with E-state index in [1.165, 1.54) is 12.8 Å². The predicted molar refractivity (Wildman–Crippen MR) is 69.2 cm³/mol. The molecule has 0 unspecified atom stereocenters. The standard InChI is InChI=1S/C12H14N4O.ClH/c1-2-9(1)7-14-8-11-15-12(16-17-11)10-3-5-13-6-4-10;/h3-6,9,14H,1-2,7-8H2;1H. The van der Waals surface area contributed by atoms with Crippen LogP contribution >= 0.6 is 12.4 Å². The molecule has 96 valence electrons. The molecule has 1 saturated carbocycles. The summed E-state index contributed by atoms with van der Waals surface area (Å²) in [4.78, 5) is 8.28. The number of halogens is 1. The van der Waals surface area contributed by atoms with Crippen LogP contribution in [-0.2, 0) is 6.54 Å². The van der Waals surface area contributed by atoms with E-state index in [0.717, 1.165) is 18.0 Å². The molecule has 0 saturated heterocycles. The third-order valence-electron chi connectivity index (χ3n) is 2.81. The molecule has 0 amide bonds. The number of hydrogen-bond donors (Lipinski definition) is 1. The van der Waals surface area contributed by atoms with Crippen LogP contribution in [0.4, 0.5) is 0 Å². The van der Waals surface area contributed by atoms with Crippen LogP contribution in [0, 0.1) is 5.92 Å². The lowest BCUT2D eigenvalue weighted by Crippen LogP contribution is -2.16. The molecule has 0 aromatic carbocycles. The van der Waals surface area contributed by atoms with E-state index >= 15 is 0 Å². The molecular formula is C12H15ClN4O. The maximum Gasteiger partial charge on any atom is 0.240 e. The fourth-order valence-corrected chi connectivity index (χ4v) is 1.65. The summed E-state index contributed by atoms with van der Waals surface area (Å²) >= 11 is 0. The number of rotatable bonds is 5. The van der Waals surface area contributed by atoms with E-state index in [9.17, 15) is 0 Å². The highest BCUT2D eigenvalue weighted by Crippen LogP contribution is 2.27. The summed E-state index contributed by atoms with van der Waals surface area (Å²) in [5, 5.41) is 7.27. The number of nitrogens with one attached hydrogen (secondary N) is 1. The summed E-state index contributed by atoms with van der Waals surface area (Å²) in [6.07, 6.45) is 6.13. The van der Waals surface area contributed by atoms with Crippen molar-refractivity contribution in [3.05, 3.63) is 30.4 Å². The molecule has 0 radical (unpaired) electrons. The lowest BCUT2D eigenvalue weighted by atomic mass is 10.2. The van der Waals surface area contributed by atoms with Crippen molar-refractivity contribution in [1.82, 2.24) is 20.4 Å². The molecule has 1 aliphatic carbocycles. The van der Waals surface area contributed by atoms with Gasteiger partial charge in [0.1, 0.15) is 0 Å². The van der Waals surface area contributed by atoms with Crippen LogP contribution in [0.1, 0.15) is 18.7 Å². The highest BCUT2D eigenvalue weighted by Gasteiger charge is 2.20. The van der Waals surface area contributed by atoms with Crippen molar-refractivity contribution in [3.8, 4) is 11.4 Å². The normalized spacial score (nSPS) is 14.2. The van der Waals surface area contributed by atoms with Gasteiger partial charge in [-0.1, -0.05) is 5.16 Å². The van der Waals surface area contributed by atoms with Crippen LogP contribution in [0.5, 0.6) is 0 Å². The molecule has 0 atom stereocenters. The lowest BCUT2D eigenvalue weighted by Gasteiger charge is -1.97. The Morgan fingerprint density at radius 3 is 2.78 bits per heavy atom. The maximum atomic E-state index is 5.18. The van der Waals surface area contributed by atoms with Crippen LogP contribution in [-0.4, -0.2) is 21.7 Å². The van der Waals surface area contributed by atoms with E-state index in [1.807, 2.05) is 12.1 Å². The Kier molecular flexibility index (Phi) is 4.28. The van der Waals surface area contributed by atoms with Gasteiger partial charge in [-0.25, -0.2) is 0 Å². The van der Waals surface area contributed by atoms with Crippen molar-refractivity contribution in [2.45, 2.75) is 19.4 Å². The van der Waals surface area contributed by atoms with Gasteiger partial charge >= 0.3 is 0 Å². The maximum absolute atomic E-state index is 5.18. The third-order valence-corrected chi connectivity index (χ3v) is 2.81. The van der Waals surface area contributed by atoms with Crippen molar-refractivity contribution in [3.63, 3.8) is 0 Å². The molecule has 5 nitrogen and oxygen atoms in total. The average molecular weight is 267 g/mol. The van der Waals surface area contributed by atoms with Gasteiger partial charge in [0.15, 0.2) is 0 Å². The van der Waals surface area contributed by atoms with E-state index in [0.29, 0.717) is 18.3 Å². The zero-order valence-electron chi connectivity index (χ0n) is 9.87. The van der Waals surface area contributed by atoms with Gasteiger partial charge in [-0.05, 0) is 37.4 Å². The van der Waals surface area contributed by atoms with E-state index < -0.39 is 0 Å². The first-order valence-electron chi connectivity index (χ1n) is 5.85. The second-order valence-corrected chi connectivity index (χ2v) is 4.32. The van der Waals surface area contributed by atoms with Gasteiger partial charge < -0.3 is 9.84 Å². The Morgan fingerprint density at radius 2 is 2.06 bits per heavy atom. The molecule has 1 N–H and O–H groups in total. The molecule has 2 aromatic heterocycles. The average Bonchev–Trinajstić information content (AvgIpc) is 3.07. The molecule has 1 fully saturated rings. The molecule has 18 heavy (non-hydrogen) atoms. The molecule has 3 rings (SSSR count). The van der Waals surface area contributed by atoms with Crippen LogP contribution in [0.25, 0.3) is 11.4 Å². The summed E-state index contributed by atoms with van der Waals surface area (Å²) in [7, 11) is 0. The first kappa shape index (κ1) is 13.0. The van der Waals surface area contributed by atoms with Gasteiger partial charge in [-0.15, -0.1) is 12.4 Å². The minimum absolute atomic E-state index is 0. The zero-order valence-corrected chi connectivity index (χ0v) is 10.7. The molecular weight excluding hydrogens is 252 g/mol. The zero-order chi connectivity index (χ0) is 11.5. The number of pyridine rings is 1. The molecule has 6 heteroatoms. The number of hydrogen-bond acceptors (Lipinski definition) is 5. The van der Waals surface area contributed by atoms with Crippen molar-refractivity contribution in [2.24, 2.45) is 5.92 Å². The van der Waals surface area contributed by atoms with E-state index in [-0.39, 0.29) is 12.4 Å². The summed E-state index contributed by atoms with van der Waals surface area (Å²) in [5.74, 6) is 2.12. The van der Waals surface area contributed by atoms with Crippen molar-refractivity contribution < 1.29 is 4.52 Å². The Hall–Kier alpha value is -1.46. The number of nitrogens with zero attached hydrogens (tertiary/aromatic N) is 3. The Balaban J connectivity index is 0.00000120. The molecule has 2 aromatic rings. The smallest absolute Gasteiger partial charge is 0.240 e. The SMILES string of the molecule is Cl.c1cc(-c2noc(CNCC3CC3)n2)ccn1. The highest BCUT2D eigenvalue weighted by molar-refractivity contribution is 5.85. The van der Waals surface area contributed by atoms with Crippen molar-refractivity contribution in [2.75, 3.05) is 6.54 Å². The van der Waals surface area contributed by atoms with Gasteiger partial charge in [0.25, 0.3) is 0 Å². The van der Waals surface area contributed by atoms with Crippen LogP contribution < -0.4 is 5.32 Å². The van der Waals surface area contributed by atoms with E-state index in [1.54, 1.807) is 12.4 Å². The second-order valence-electron chi connectivity index (χ2n) is 4.32. The predicted octanol–water partition coefficient (Wildman–Crippen LogP) is 2.05. The molecule has 0 bridgehead atoms. The summed E-state index contributed by atoms with van der Waals surface area (Å²) in [5.41, 5.74) is 0.928. The van der Waals surface area contributed by atoms with Crippen LogP contribution in [0.15, 0.2) is 29.0 Å². The van der Waals surface area contributed by atoms with Gasteiger partial charge in [0, 0.05) is 18.0 Å². The monoisotopic (exact) mass is 266 g/mol. The van der Waals surface area contributed by atoms with E-state index in [4.69, 9.17) is 4.52 Å². The van der Waals surface area contributed by atoms with Gasteiger partial charge in [0.2, 0.25) is 11.7 Å².